The molecule has 236 valence electrons. The van der Waals surface area contributed by atoms with Crippen molar-refractivity contribution >= 4 is 50.4 Å². The molecule has 0 spiro atoms. The predicted molar refractivity (Wildman–Crippen MR) is 140 cm³/mol. The molecule has 7 heterocycles. The molecule has 23 heteroatoms. The average molecular weight is 658 g/mol. The maximum atomic E-state index is 13.1. The zero-order valence-corrected chi connectivity index (χ0v) is 23.9. The number of aliphatic hydroxyl groups excluding tert-OH is 2. The van der Waals surface area contributed by atoms with Gasteiger partial charge in [-0.25, -0.2) is 34.1 Å². The minimum Gasteiger partial charge on any atom is -0.386 e. The molecule has 6 N–H and O–H groups in total. The zero-order chi connectivity index (χ0) is 31.0. The number of rotatable bonds is 2. The molecule has 0 radical (unpaired) electrons. The van der Waals surface area contributed by atoms with Crippen LogP contribution in [0.2, 0.25) is 0 Å². The number of nitrogens with zero attached hydrogens (tertiary/aromatic N) is 7. The van der Waals surface area contributed by atoms with Gasteiger partial charge in [0.1, 0.15) is 48.5 Å². The van der Waals surface area contributed by atoms with Crippen LogP contribution in [0.3, 0.4) is 0 Å². The van der Waals surface area contributed by atoms with E-state index in [4.69, 9.17) is 33.3 Å². The largest absolute Gasteiger partial charge is 0.472 e. The number of aliphatic hydroxyl groups is 2. The number of anilines is 1. The fourth-order valence-corrected chi connectivity index (χ4v) is 7.29. The van der Waals surface area contributed by atoms with Gasteiger partial charge in [-0.05, 0) is 0 Å². The molecule has 3 fully saturated rings. The molecule has 7 rings (SSSR count). The van der Waals surface area contributed by atoms with Crippen LogP contribution >= 0.6 is 15.6 Å². The molecule has 0 saturated carbocycles. The minimum atomic E-state index is -5.02. The summed E-state index contributed by atoms with van der Waals surface area (Å²) >= 11 is 0. The van der Waals surface area contributed by atoms with Gasteiger partial charge in [0.05, 0.1) is 25.9 Å². The monoisotopic (exact) mass is 658 g/mol. The van der Waals surface area contributed by atoms with Gasteiger partial charge < -0.3 is 35.2 Å². The molecule has 0 bridgehead atoms. The molecule has 2 unspecified atom stereocenters. The Labute approximate surface area is 245 Å². The number of phosphoric ester groups is 2. The van der Waals surface area contributed by atoms with Gasteiger partial charge in [0.2, 0.25) is 0 Å². The van der Waals surface area contributed by atoms with Gasteiger partial charge in [0.25, 0.3) is 0 Å². The van der Waals surface area contributed by atoms with Crippen molar-refractivity contribution in [2.24, 2.45) is 4.99 Å². The van der Waals surface area contributed by atoms with Crippen molar-refractivity contribution in [1.29, 1.82) is 0 Å². The number of carbonyl (C=O) groups excluding carboxylic acids is 1. The first-order chi connectivity index (χ1) is 20.9. The SMILES string of the molecule is Nc1ncnc2c1ncn2[C@@H]1O[C@@H]2COP(=O)(O)O[C@H]3[C@@H](O)[C@H](n4cnc5c4N=CCC5=O)O[C@@H]3COP(=O)(O)O[C@H]2[C@H]1O. The first kappa shape index (κ1) is 29.7. The number of nitrogens with two attached hydrogens (primary N) is 1. The maximum absolute atomic E-state index is 13.1. The van der Waals surface area contributed by atoms with E-state index in [0.717, 1.165) is 6.33 Å². The number of ether oxygens (including phenoxy) is 2. The van der Waals surface area contributed by atoms with Gasteiger partial charge in [-0.1, -0.05) is 0 Å². The van der Waals surface area contributed by atoms with Crippen molar-refractivity contribution < 1.29 is 61.5 Å². The lowest BCUT2D eigenvalue weighted by Crippen LogP contribution is -2.39. The summed E-state index contributed by atoms with van der Waals surface area (Å²) < 4.78 is 61.0. The number of hydrogen-bond acceptors (Lipinski definition) is 17. The lowest BCUT2D eigenvalue weighted by atomic mass is 10.1. The summed E-state index contributed by atoms with van der Waals surface area (Å²) in [6.07, 6.45) is -7.31. The van der Waals surface area contributed by atoms with Crippen LogP contribution in [0.5, 0.6) is 0 Å². The van der Waals surface area contributed by atoms with Crippen molar-refractivity contribution in [3.8, 4) is 0 Å². The van der Waals surface area contributed by atoms with E-state index in [1.165, 1.54) is 28.0 Å². The molecule has 0 aliphatic carbocycles. The van der Waals surface area contributed by atoms with E-state index < -0.39 is 77.9 Å². The second-order valence-corrected chi connectivity index (χ2v) is 12.9. The lowest BCUT2D eigenvalue weighted by molar-refractivity contribution is -0.0666. The van der Waals surface area contributed by atoms with Gasteiger partial charge in [-0.2, -0.15) is 0 Å². The number of aliphatic imine (C=N–C) groups is 1. The first-order valence-corrected chi connectivity index (χ1v) is 16.0. The van der Waals surface area contributed by atoms with Crippen LogP contribution < -0.4 is 5.73 Å². The van der Waals surface area contributed by atoms with Crippen LogP contribution in [0.1, 0.15) is 29.4 Å². The van der Waals surface area contributed by atoms with Crippen molar-refractivity contribution in [2.45, 2.75) is 55.5 Å². The second kappa shape index (κ2) is 10.8. The summed E-state index contributed by atoms with van der Waals surface area (Å²) in [6, 6.07) is 0. The molecule has 4 aliphatic rings. The number of Topliss-reactive ketones (excluding diaryl/α,β-unsaturated/α-hetero) is 1. The Morgan fingerprint density at radius 1 is 0.864 bits per heavy atom. The Kier molecular flexibility index (Phi) is 7.28. The number of nitrogen functional groups attached to an aromatic ring is 1. The van der Waals surface area contributed by atoms with Gasteiger partial charge in [0.15, 0.2) is 41.2 Å². The van der Waals surface area contributed by atoms with E-state index in [-0.39, 0.29) is 40.7 Å². The highest BCUT2D eigenvalue weighted by Crippen LogP contribution is 2.54. The third-order valence-electron chi connectivity index (χ3n) is 7.39. The smallest absolute Gasteiger partial charge is 0.386 e. The summed E-state index contributed by atoms with van der Waals surface area (Å²) in [6.45, 7) is -1.59. The van der Waals surface area contributed by atoms with Crippen molar-refractivity contribution in [3.05, 3.63) is 24.7 Å². The van der Waals surface area contributed by atoms with E-state index in [0.29, 0.717) is 0 Å². The van der Waals surface area contributed by atoms with Gasteiger partial charge >= 0.3 is 15.6 Å². The van der Waals surface area contributed by atoms with Crippen LogP contribution in [0.4, 0.5) is 11.6 Å². The number of phosphoric acid groups is 2. The molecule has 3 saturated heterocycles. The molecule has 3 aromatic rings. The Balaban J connectivity index is 1.16. The summed E-state index contributed by atoms with van der Waals surface area (Å²) in [7, 11) is -10.0. The number of hydrogen-bond donors (Lipinski definition) is 5. The maximum Gasteiger partial charge on any atom is 0.472 e. The Morgan fingerprint density at radius 2 is 1.45 bits per heavy atom. The fourth-order valence-electron chi connectivity index (χ4n) is 5.36. The Hall–Kier alpha value is -3.04. The van der Waals surface area contributed by atoms with Crippen LogP contribution in [0.25, 0.3) is 11.2 Å². The van der Waals surface area contributed by atoms with Gasteiger partial charge in [-0.3, -0.25) is 32.0 Å². The second-order valence-electron chi connectivity index (χ2n) is 10.1. The van der Waals surface area contributed by atoms with Gasteiger partial charge in [-0.15, -0.1) is 0 Å². The molecule has 0 amide bonds. The quantitative estimate of drug-likeness (QED) is 0.209. The van der Waals surface area contributed by atoms with Crippen molar-refractivity contribution in [1.82, 2.24) is 29.1 Å². The molecule has 10 atom stereocenters. The van der Waals surface area contributed by atoms with E-state index in [1.54, 1.807) is 0 Å². The van der Waals surface area contributed by atoms with Crippen molar-refractivity contribution in [2.75, 3.05) is 18.9 Å². The number of carbonyl (C=O) groups is 1. The molecule has 4 aliphatic heterocycles. The van der Waals surface area contributed by atoms with Crippen molar-refractivity contribution in [3.63, 3.8) is 0 Å². The Bertz CT molecular complexity index is 1750. The molecular formula is C21H24N8O13P2. The third kappa shape index (κ3) is 5.10. The number of ketones is 1. The topological polar surface area (TPSA) is 287 Å². The van der Waals surface area contributed by atoms with E-state index >= 15 is 0 Å². The highest BCUT2D eigenvalue weighted by atomic mass is 31.2. The Morgan fingerprint density at radius 3 is 2.09 bits per heavy atom. The highest BCUT2D eigenvalue weighted by Gasteiger charge is 2.54. The van der Waals surface area contributed by atoms with Crippen LogP contribution in [-0.2, 0) is 36.7 Å². The van der Waals surface area contributed by atoms with E-state index in [1.807, 2.05) is 0 Å². The van der Waals surface area contributed by atoms with E-state index in [2.05, 4.69) is 24.9 Å². The molecule has 0 aromatic carbocycles. The predicted octanol–water partition coefficient (Wildman–Crippen LogP) is -0.872. The third-order valence-corrected chi connectivity index (χ3v) is 9.36. The standard InChI is InChI=1S/C21H24N8O13P2/c22-17-12-19(25-5-24-17)29(7-27-12)21-14(32)16-10(40-21)4-38-43(33,34)41-15-9(3-37-44(35,36)42-16)39-20(13(15)31)28-6-26-11-8(30)1-2-23-18(11)28/h2,5-7,9-10,13-16,20-21,31-32H,1,3-4H2,(H,33,34)(H,35,36)(H2,22,24,25)/t9-,10-,13-,14-,15-,16-,20-,21-/m1/s1. The number of aromatic nitrogens is 6. The molecule has 21 nitrogen and oxygen atoms in total. The summed E-state index contributed by atoms with van der Waals surface area (Å²) in [5.41, 5.74) is 6.19. The fraction of sp³-hybridized carbons (Fsp3) is 0.524. The summed E-state index contributed by atoms with van der Waals surface area (Å²) in [5.74, 6) is -0.212. The van der Waals surface area contributed by atoms with Crippen LogP contribution in [0, 0.1) is 0 Å². The number of imidazole rings is 2. The minimum absolute atomic E-state index is 0.0267. The van der Waals surface area contributed by atoms with Crippen LogP contribution in [0.15, 0.2) is 24.0 Å². The van der Waals surface area contributed by atoms with Gasteiger partial charge in [0, 0.05) is 12.6 Å². The molecule has 44 heavy (non-hydrogen) atoms. The highest BCUT2D eigenvalue weighted by molar-refractivity contribution is 7.47. The lowest BCUT2D eigenvalue weighted by Gasteiger charge is -2.27. The first-order valence-electron chi connectivity index (χ1n) is 13.0. The molecule has 3 aromatic heterocycles. The normalized spacial score (nSPS) is 39.4. The van der Waals surface area contributed by atoms with E-state index in [9.17, 15) is 33.9 Å². The van der Waals surface area contributed by atoms with Crippen LogP contribution in [-0.4, -0.2) is 111 Å². The average Bonchev–Trinajstić information content (AvgIpc) is 3.73. The zero-order valence-electron chi connectivity index (χ0n) is 22.1. The molecular weight excluding hydrogens is 634 g/mol. The summed E-state index contributed by atoms with van der Waals surface area (Å²) in [4.78, 5) is 53.5. The summed E-state index contributed by atoms with van der Waals surface area (Å²) in [5, 5.41) is 22.2. The number of fused-ring (bicyclic) bond motifs is 4.